The summed E-state index contributed by atoms with van der Waals surface area (Å²) >= 11 is 0. The molecule has 2 aliphatic rings. The van der Waals surface area contributed by atoms with E-state index in [9.17, 15) is 13.2 Å². The second-order valence-corrected chi connectivity index (χ2v) is 10.8. The predicted octanol–water partition coefficient (Wildman–Crippen LogP) is 2.26. The third-order valence-corrected chi connectivity index (χ3v) is 7.48. The number of nitrogens with one attached hydrogen (secondary N) is 1. The number of nitrogens with zero attached hydrogens (tertiary/aromatic N) is 2. The van der Waals surface area contributed by atoms with Crippen LogP contribution in [0.15, 0.2) is 23.1 Å². The van der Waals surface area contributed by atoms with Crippen molar-refractivity contribution in [1.29, 1.82) is 0 Å². The van der Waals surface area contributed by atoms with Gasteiger partial charge in [-0.3, -0.25) is 4.79 Å². The van der Waals surface area contributed by atoms with E-state index in [-0.39, 0.29) is 5.91 Å². The summed E-state index contributed by atoms with van der Waals surface area (Å²) < 4.78 is 23.9. The van der Waals surface area contributed by atoms with Gasteiger partial charge in [0, 0.05) is 25.4 Å². The van der Waals surface area contributed by atoms with Crippen molar-refractivity contribution in [3.8, 4) is 0 Å². The highest BCUT2D eigenvalue weighted by Gasteiger charge is 2.25. The van der Waals surface area contributed by atoms with Crippen LogP contribution in [0.25, 0.3) is 0 Å². The summed E-state index contributed by atoms with van der Waals surface area (Å²) in [7, 11) is -3.17. The van der Waals surface area contributed by atoms with Crippen LogP contribution in [0.3, 0.4) is 0 Å². The van der Waals surface area contributed by atoms with Crippen LogP contribution in [0, 0.1) is 0 Å². The Labute approximate surface area is 181 Å². The molecule has 6 nitrogen and oxygen atoms in total. The van der Waals surface area contributed by atoms with Gasteiger partial charge in [-0.1, -0.05) is 13.0 Å². The summed E-state index contributed by atoms with van der Waals surface area (Å²) in [6, 6.07) is 6.10. The van der Waals surface area contributed by atoms with E-state index in [1.165, 1.54) is 17.4 Å². The van der Waals surface area contributed by atoms with E-state index in [1.54, 1.807) is 6.07 Å². The fourth-order valence-corrected chi connectivity index (χ4v) is 5.37. The molecule has 0 bridgehead atoms. The average Bonchev–Trinajstić information content (AvgIpc) is 2.93. The first kappa shape index (κ1) is 23.2. The highest BCUT2D eigenvalue weighted by molar-refractivity contribution is 7.90. The molecule has 1 fully saturated rings. The van der Waals surface area contributed by atoms with E-state index in [0.717, 1.165) is 77.7 Å². The molecule has 1 aromatic rings. The van der Waals surface area contributed by atoms with Gasteiger partial charge in [-0.25, -0.2) is 8.42 Å². The Kier molecular flexibility index (Phi) is 8.31. The third kappa shape index (κ3) is 6.28. The van der Waals surface area contributed by atoms with Crippen molar-refractivity contribution in [2.75, 3.05) is 45.5 Å². The Hall–Kier alpha value is -1.44. The molecule has 0 aromatic heterocycles. The van der Waals surface area contributed by atoms with Crippen LogP contribution < -0.4 is 5.32 Å². The number of rotatable bonds is 9. The zero-order chi connectivity index (χ0) is 21.6. The van der Waals surface area contributed by atoms with Gasteiger partial charge in [0.15, 0.2) is 9.84 Å². The molecular formula is C23H37N3O3S. The quantitative estimate of drug-likeness (QED) is 0.603. The first-order chi connectivity index (χ1) is 14.4. The van der Waals surface area contributed by atoms with Gasteiger partial charge in [0.25, 0.3) is 0 Å². The normalized spacial score (nSPS) is 20.3. The lowest BCUT2D eigenvalue weighted by Crippen LogP contribution is -2.41. The summed E-state index contributed by atoms with van der Waals surface area (Å²) in [4.78, 5) is 17.1. The number of sulfone groups is 1. The van der Waals surface area contributed by atoms with Crippen molar-refractivity contribution in [3.05, 3.63) is 29.3 Å². The smallest absolute Gasteiger partial charge is 0.236 e. The number of unbranched alkanes of at least 4 members (excludes halogenated alkanes) is 1. The Balaban J connectivity index is 1.55. The van der Waals surface area contributed by atoms with Crippen LogP contribution in [0.4, 0.5) is 0 Å². The van der Waals surface area contributed by atoms with Crippen molar-refractivity contribution in [3.63, 3.8) is 0 Å². The second-order valence-electron chi connectivity index (χ2n) is 8.75. The Morgan fingerprint density at radius 1 is 1.20 bits per heavy atom. The number of amides is 1. The summed E-state index contributed by atoms with van der Waals surface area (Å²) in [5, 5.41) is 3.18. The molecule has 1 aromatic carbocycles. The molecule has 1 saturated heterocycles. The van der Waals surface area contributed by atoms with Gasteiger partial charge in [-0.05, 0) is 87.8 Å². The first-order valence-corrected chi connectivity index (χ1v) is 13.3. The van der Waals surface area contributed by atoms with Crippen molar-refractivity contribution < 1.29 is 13.2 Å². The van der Waals surface area contributed by atoms with Gasteiger partial charge in [-0.15, -0.1) is 0 Å². The molecule has 1 amide bonds. The number of aryl methyl sites for hydroxylation is 1. The van der Waals surface area contributed by atoms with Crippen molar-refractivity contribution in [1.82, 2.24) is 15.1 Å². The number of carbonyl (C=O) groups excluding carboxylic acids is 1. The molecule has 1 aliphatic heterocycles. The Morgan fingerprint density at radius 3 is 2.80 bits per heavy atom. The van der Waals surface area contributed by atoms with Crippen LogP contribution >= 0.6 is 0 Å². The van der Waals surface area contributed by atoms with Gasteiger partial charge in [0.05, 0.1) is 11.4 Å². The van der Waals surface area contributed by atoms with E-state index in [1.807, 2.05) is 17.0 Å². The van der Waals surface area contributed by atoms with Crippen LogP contribution in [0.2, 0.25) is 0 Å². The van der Waals surface area contributed by atoms with Crippen LogP contribution in [0.5, 0.6) is 0 Å². The van der Waals surface area contributed by atoms with Crippen molar-refractivity contribution in [2.45, 2.75) is 62.8 Å². The Bertz CT molecular complexity index is 825. The van der Waals surface area contributed by atoms with Gasteiger partial charge < -0.3 is 15.1 Å². The molecular weight excluding hydrogens is 398 g/mol. The van der Waals surface area contributed by atoms with E-state index in [2.05, 4.69) is 17.1 Å². The lowest BCUT2D eigenvalue weighted by atomic mass is 9.87. The number of benzene rings is 1. The third-order valence-electron chi connectivity index (χ3n) is 6.37. The highest BCUT2D eigenvalue weighted by Crippen LogP contribution is 2.27. The number of carbonyl (C=O) groups is 1. The maximum absolute atomic E-state index is 12.1. The lowest BCUT2D eigenvalue weighted by Gasteiger charge is -2.35. The molecule has 1 unspecified atom stereocenters. The van der Waals surface area contributed by atoms with Crippen LogP contribution in [-0.4, -0.2) is 75.7 Å². The Morgan fingerprint density at radius 2 is 2.03 bits per heavy atom. The van der Waals surface area contributed by atoms with E-state index < -0.39 is 9.84 Å². The highest BCUT2D eigenvalue weighted by atomic mass is 32.2. The summed E-state index contributed by atoms with van der Waals surface area (Å²) in [6.45, 7) is 7.45. The number of hydrogen-bond donors (Lipinski definition) is 1. The zero-order valence-corrected chi connectivity index (χ0v) is 19.3. The van der Waals surface area contributed by atoms with Gasteiger partial charge in [-0.2, -0.15) is 0 Å². The minimum atomic E-state index is -3.17. The zero-order valence-electron chi connectivity index (χ0n) is 18.5. The molecule has 1 N–H and O–H groups in total. The standard InChI is InChI=1S/C23H37N3O3S/c1-3-12-25(13-4-5-14-26-15-6-11-24-18-23(26)27)21-9-7-19-8-10-22(30(2,28)29)17-20(19)16-21/h8,10,17,21,24H,3-7,9,11-16,18H2,1-2H3. The van der Waals surface area contributed by atoms with E-state index >= 15 is 0 Å². The maximum atomic E-state index is 12.1. The maximum Gasteiger partial charge on any atom is 0.236 e. The second kappa shape index (κ2) is 10.7. The lowest BCUT2D eigenvalue weighted by molar-refractivity contribution is -0.129. The topological polar surface area (TPSA) is 69.7 Å². The van der Waals surface area contributed by atoms with Gasteiger partial charge in [0.2, 0.25) is 5.91 Å². The first-order valence-electron chi connectivity index (χ1n) is 11.4. The van der Waals surface area contributed by atoms with Gasteiger partial charge >= 0.3 is 0 Å². The van der Waals surface area contributed by atoms with Gasteiger partial charge in [0.1, 0.15) is 0 Å². The summed E-state index contributed by atoms with van der Waals surface area (Å²) in [6.07, 6.45) is 8.62. The predicted molar refractivity (Wildman–Crippen MR) is 121 cm³/mol. The summed E-state index contributed by atoms with van der Waals surface area (Å²) in [5.41, 5.74) is 2.49. The van der Waals surface area contributed by atoms with Crippen LogP contribution in [-0.2, 0) is 27.5 Å². The molecule has 1 heterocycles. The fourth-order valence-electron chi connectivity index (χ4n) is 4.70. The molecule has 30 heavy (non-hydrogen) atoms. The number of fused-ring (bicyclic) bond motifs is 1. The minimum Gasteiger partial charge on any atom is -0.342 e. The minimum absolute atomic E-state index is 0.225. The largest absolute Gasteiger partial charge is 0.342 e. The molecule has 7 heteroatoms. The molecule has 0 spiro atoms. The van der Waals surface area contributed by atoms with Crippen molar-refractivity contribution >= 4 is 15.7 Å². The fraction of sp³-hybridized carbons (Fsp3) is 0.696. The van der Waals surface area contributed by atoms with Crippen molar-refractivity contribution in [2.24, 2.45) is 0 Å². The molecule has 0 saturated carbocycles. The molecule has 0 radical (unpaired) electrons. The molecule has 1 aliphatic carbocycles. The molecule has 3 rings (SSSR count). The van der Waals surface area contributed by atoms with Crippen LogP contribution in [0.1, 0.15) is 50.2 Å². The molecule has 168 valence electrons. The monoisotopic (exact) mass is 435 g/mol. The molecule has 1 atom stereocenters. The SMILES string of the molecule is CCCN(CCCCN1CCCNCC1=O)C1CCc2ccc(S(C)(=O)=O)cc2C1. The van der Waals surface area contributed by atoms with E-state index in [0.29, 0.717) is 17.5 Å². The summed E-state index contributed by atoms with van der Waals surface area (Å²) in [5.74, 6) is 0.225. The average molecular weight is 436 g/mol. The van der Waals surface area contributed by atoms with E-state index in [4.69, 9.17) is 0 Å². The number of hydrogen-bond acceptors (Lipinski definition) is 5.